The van der Waals surface area contributed by atoms with Gasteiger partial charge in [-0.25, -0.2) is 4.98 Å². The van der Waals surface area contributed by atoms with Crippen LogP contribution in [0.1, 0.15) is 19.8 Å². The number of hydrogen-bond acceptors (Lipinski definition) is 3. The average molecular weight is 225 g/mol. The highest BCUT2D eigenvalue weighted by atomic mass is 19.1. The lowest BCUT2D eigenvalue weighted by atomic mass is 10.3. The Balaban J connectivity index is 2.22. The molecule has 1 aromatic rings. The third-order valence-corrected chi connectivity index (χ3v) is 1.95. The zero-order valence-corrected chi connectivity index (χ0v) is 9.29. The number of aromatic nitrogens is 1. The lowest BCUT2D eigenvalue weighted by Gasteiger charge is -2.05. The maximum absolute atomic E-state index is 12.7. The summed E-state index contributed by atoms with van der Waals surface area (Å²) in [5.74, 6) is -0.0884. The summed E-state index contributed by atoms with van der Waals surface area (Å²) < 4.78 is 12.7. The molecule has 4 nitrogen and oxygen atoms in total. The zero-order valence-electron chi connectivity index (χ0n) is 9.29. The number of halogens is 1. The van der Waals surface area contributed by atoms with E-state index >= 15 is 0 Å². The van der Waals surface area contributed by atoms with Crippen molar-refractivity contribution >= 4 is 11.7 Å². The Kier molecular flexibility index (Phi) is 5.25. The fourth-order valence-electron chi connectivity index (χ4n) is 1.16. The largest absolute Gasteiger partial charge is 0.369 e. The third kappa shape index (κ3) is 4.72. The molecule has 0 bridgehead atoms. The summed E-state index contributed by atoms with van der Waals surface area (Å²) in [6, 6.07) is 4.51. The molecule has 0 aliphatic rings. The van der Waals surface area contributed by atoms with Gasteiger partial charge in [-0.2, -0.15) is 4.39 Å². The van der Waals surface area contributed by atoms with Gasteiger partial charge in [0.1, 0.15) is 5.82 Å². The Morgan fingerprint density at radius 1 is 1.44 bits per heavy atom. The van der Waals surface area contributed by atoms with Gasteiger partial charge in [-0.3, -0.25) is 4.79 Å². The predicted molar refractivity (Wildman–Crippen MR) is 60.6 cm³/mol. The minimum absolute atomic E-state index is 0.00856. The molecule has 0 aromatic carbocycles. The molecule has 5 heteroatoms. The van der Waals surface area contributed by atoms with Gasteiger partial charge in [0.15, 0.2) is 0 Å². The topological polar surface area (TPSA) is 54.0 Å². The van der Waals surface area contributed by atoms with Crippen LogP contribution >= 0.6 is 0 Å². The van der Waals surface area contributed by atoms with Crippen molar-refractivity contribution in [3.05, 3.63) is 24.1 Å². The number of anilines is 1. The highest BCUT2D eigenvalue weighted by Crippen LogP contribution is 2.02. The Labute approximate surface area is 94.3 Å². The molecule has 1 rings (SSSR count). The molecule has 0 unspecified atom stereocenters. The molecule has 0 radical (unpaired) electrons. The maximum Gasteiger partial charge on any atom is 0.221 e. The van der Waals surface area contributed by atoms with E-state index in [4.69, 9.17) is 0 Å². The molecule has 0 spiro atoms. The molecule has 1 amide bonds. The van der Waals surface area contributed by atoms with E-state index in [1.54, 1.807) is 12.1 Å². The van der Waals surface area contributed by atoms with Crippen molar-refractivity contribution in [3.8, 4) is 0 Å². The van der Waals surface area contributed by atoms with Crippen molar-refractivity contribution in [1.82, 2.24) is 10.3 Å². The van der Waals surface area contributed by atoms with Gasteiger partial charge < -0.3 is 10.6 Å². The summed E-state index contributed by atoms with van der Waals surface area (Å²) in [7, 11) is 0. The number of carbonyl (C=O) groups is 1. The van der Waals surface area contributed by atoms with E-state index in [9.17, 15) is 9.18 Å². The van der Waals surface area contributed by atoms with Crippen LogP contribution in [-0.4, -0.2) is 24.0 Å². The molecular formula is C11H16FN3O. The Morgan fingerprint density at radius 2 is 2.25 bits per heavy atom. The molecule has 88 valence electrons. The normalized spacial score (nSPS) is 9.88. The van der Waals surface area contributed by atoms with Crippen LogP contribution in [0.25, 0.3) is 0 Å². The average Bonchev–Trinajstić information content (AvgIpc) is 2.26. The summed E-state index contributed by atoms with van der Waals surface area (Å²) in [6.45, 7) is 3.14. The van der Waals surface area contributed by atoms with Gasteiger partial charge >= 0.3 is 0 Å². The minimum Gasteiger partial charge on any atom is -0.369 e. The van der Waals surface area contributed by atoms with Crippen molar-refractivity contribution < 1.29 is 9.18 Å². The van der Waals surface area contributed by atoms with Crippen LogP contribution in [-0.2, 0) is 4.79 Å². The molecule has 16 heavy (non-hydrogen) atoms. The quantitative estimate of drug-likeness (QED) is 0.722. The van der Waals surface area contributed by atoms with E-state index in [0.29, 0.717) is 25.3 Å². The van der Waals surface area contributed by atoms with Crippen molar-refractivity contribution in [2.24, 2.45) is 0 Å². The molecule has 0 saturated carbocycles. The van der Waals surface area contributed by atoms with Gasteiger partial charge in [0, 0.05) is 19.5 Å². The van der Waals surface area contributed by atoms with Crippen molar-refractivity contribution in [3.63, 3.8) is 0 Å². The molecule has 0 saturated heterocycles. The first-order valence-electron chi connectivity index (χ1n) is 5.35. The monoisotopic (exact) mass is 225 g/mol. The van der Waals surface area contributed by atoms with Gasteiger partial charge in [0.25, 0.3) is 0 Å². The van der Waals surface area contributed by atoms with Gasteiger partial charge in [-0.1, -0.05) is 13.0 Å². The predicted octanol–water partition coefficient (Wildman–Crippen LogP) is 1.55. The van der Waals surface area contributed by atoms with Crippen molar-refractivity contribution in [2.45, 2.75) is 19.8 Å². The molecular weight excluding hydrogens is 209 g/mol. The molecule has 0 atom stereocenters. The fourth-order valence-corrected chi connectivity index (χ4v) is 1.16. The first-order valence-corrected chi connectivity index (χ1v) is 5.35. The van der Waals surface area contributed by atoms with Crippen LogP contribution in [0.4, 0.5) is 10.2 Å². The smallest absolute Gasteiger partial charge is 0.221 e. The van der Waals surface area contributed by atoms with Crippen LogP contribution in [0, 0.1) is 5.95 Å². The van der Waals surface area contributed by atoms with Gasteiger partial charge in [-0.05, 0) is 18.6 Å². The highest BCUT2D eigenvalue weighted by Gasteiger charge is 2.00. The molecule has 1 aromatic heterocycles. The first kappa shape index (κ1) is 12.4. The number of amides is 1. The first-order chi connectivity index (χ1) is 7.72. The molecule has 0 aliphatic heterocycles. The molecule has 0 aliphatic carbocycles. The Hall–Kier alpha value is -1.65. The van der Waals surface area contributed by atoms with E-state index in [-0.39, 0.29) is 5.91 Å². The second-order valence-corrected chi connectivity index (χ2v) is 3.37. The van der Waals surface area contributed by atoms with Crippen LogP contribution in [0.3, 0.4) is 0 Å². The second kappa shape index (κ2) is 6.76. The van der Waals surface area contributed by atoms with Crippen molar-refractivity contribution in [1.29, 1.82) is 0 Å². The Bertz CT molecular complexity index is 344. The highest BCUT2D eigenvalue weighted by molar-refractivity contribution is 5.76. The van der Waals surface area contributed by atoms with Crippen LogP contribution in [0.5, 0.6) is 0 Å². The lowest BCUT2D eigenvalue weighted by molar-refractivity contribution is -0.120. The van der Waals surface area contributed by atoms with Crippen LogP contribution in [0.2, 0.25) is 0 Å². The standard InChI is InChI=1S/C11H16FN3O/c1-2-7-14-11(16)6-8-13-10-5-3-4-9(12)15-10/h3-5H,2,6-8H2,1H3,(H,13,15)(H,14,16). The summed E-state index contributed by atoms with van der Waals surface area (Å²) in [5.41, 5.74) is 0. The SMILES string of the molecule is CCCNC(=O)CCNc1cccc(F)n1. The molecule has 1 heterocycles. The lowest BCUT2D eigenvalue weighted by Crippen LogP contribution is -2.25. The molecule has 0 fully saturated rings. The summed E-state index contributed by atoms with van der Waals surface area (Å²) in [6.07, 6.45) is 1.28. The minimum atomic E-state index is -0.527. The van der Waals surface area contributed by atoms with E-state index in [1.807, 2.05) is 6.92 Å². The van der Waals surface area contributed by atoms with Gasteiger partial charge in [-0.15, -0.1) is 0 Å². The summed E-state index contributed by atoms with van der Waals surface area (Å²) in [5, 5.41) is 5.64. The summed E-state index contributed by atoms with van der Waals surface area (Å²) >= 11 is 0. The number of nitrogens with one attached hydrogen (secondary N) is 2. The zero-order chi connectivity index (χ0) is 11.8. The Morgan fingerprint density at radius 3 is 2.94 bits per heavy atom. The third-order valence-electron chi connectivity index (χ3n) is 1.95. The number of pyridine rings is 1. The second-order valence-electron chi connectivity index (χ2n) is 3.37. The van der Waals surface area contributed by atoms with E-state index < -0.39 is 5.95 Å². The van der Waals surface area contributed by atoms with E-state index in [1.165, 1.54) is 6.07 Å². The van der Waals surface area contributed by atoms with E-state index in [0.717, 1.165) is 6.42 Å². The number of nitrogens with zero attached hydrogens (tertiary/aromatic N) is 1. The van der Waals surface area contributed by atoms with Gasteiger partial charge in [0.2, 0.25) is 11.9 Å². The van der Waals surface area contributed by atoms with E-state index in [2.05, 4.69) is 15.6 Å². The fraction of sp³-hybridized carbons (Fsp3) is 0.455. The summed E-state index contributed by atoms with van der Waals surface area (Å²) in [4.78, 5) is 14.8. The number of carbonyl (C=O) groups excluding carboxylic acids is 1. The number of rotatable bonds is 6. The van der Waals surface area contributed by atoms with Crippen molar-refractivity contribution in [2.75, 3.05) is 18.4 Å². The maximum atomic E-state index is 12.7. The van der Waals surface area contributed by atoms with Crippen LogP contribution in [0.15, 0.2) is 18.2 Å². The van der Waals surface area contributed by atoms with Gasteiger partial charge in [0.05, 0.1) is 0 Å². The number of hydrogen-bond donors (Lipinski definition) is 2. The molecule has 2 N–H and O–H groups in total. The van der Waals surface area contributed by atoms with Crippen LogP contribution < -0.4 is 10.6 Å².